The van der Waals surface area contributed by atoms with Crippen molar-refractivity contribution in [2.24, 2.45) is 10.9 Å². The quantitative estimate of drug-likeness (QED) is 0.605. The summed E-state index contributed by atoms with van der Waals surface area (Å²) in [6.07, 6.45) is 2.51. The maximum Gasteiger partial charge on any atom is 0.193 e. The molecule has 0 atom stereocenters. The van der Waals surface area contributed by atoms with E-state index < -0.39 is 0 Å². The fraction of sp³-hybridized carbons (Fsp3) is 0.579. The first-order valence-electron chi connectivity index (χ1n) is 9.21. The molecule has 0 radical (unpaired) electrons. The number of nitrogens with zero attached hydrogens (tertiary/aromatic N) is 4. The molecule has 0 unspecified atom stereocenters. The molecule has 7 heteroatoms. The minimum absolute atomic E-state index is 0.723. The van der Waals surface area contributed by atoms with Gasteiger partial charge in [-0.3, -0.25) is 9.89 Å². The van der Waals surface area contributed by atoms with Crippen LogP contribution in [0.5, 0.6) is 0 Å². The fourth-order valence-corrected chi connectivity index (χ4v) is 4.74. The Morgan fingerprint density at radius 3 is 2.81 bits per heavy atom. The van der Waals surface area contributed by atoms with E-state index in [1.807, 2.05) is 25.3 Å². The van der Waals surface area contributed by atoms with Crippen LogP contribution in [0, 0.1) is 12.8 Å². The van der Waals surface area contributed by atoms with E-state index >= 15 is 0 Å². The van der Waals surface area contributed by atoms with E-state index in [1.54, 1.807) is 11.3 Å². The van der Waals surface area contributed by atoms with Crippen molar-refractivity contribution in [2.45, 2.75) is 32.9 Å². The summed E-state index contributed by atoms with van der Waals surface area (Å²) in [4.78, 5) is 15.2. The minimum atomic E-state index is 0.723. The van der Waals surface area contributed by atoms with Gasteiger partial charge in [0.1, 0.15) is 0 Å². The van der Waals surface area contributed by atoms with Crippen LogP contribution in [0.3, 0.4) is 0 Å². The molecule has 0 saturated carbocycles. The van der Waals surface area contributed by atoms with Crippen LogP contribution in [-0.2, 0) is 13.1 Å². The summed E-state index contributed by atoms with van der Waals surface area (Å²) in [5.41, 5.74) is 1.11. The molecule has 1 saturated heterocycles. The van der Waals surface area contributed by atoms with Crippen molar-refractivity contribution in [3.63, 3.8) is 0 Å². The number of hydrogen-bond acceptors (Lipinski definition) is 5. The fourth-order valence-electron chi connectivity index (χ4n) is 3.39. The molecular formula is C19H29N5S2. The Balaban J connectivity index is 1.40. The average molecular weight is 392 g/mol. The van der Waals surface area contributed by atoms with Crippen molar-refractivity contribution in [2.75, 3.05) is 33.7 Å². The first-order valence-corrected chi connectivity index (χ1v) is 11.0. The number of likely N-dealkylation sites (tertiary alicyclic amines) is 1. The third kappa shape index (κ3) is 5.53. The second-order valence-electron chi connectivity index (χ2n) is 6.94. The number of rotatable bonds is 6. The third-order valence-corrected chi connectivity index (χ3v) is 6.54. The number of aliphatic imine (C=N–C) groups is 1. The van der Waals surface area contributed by atoms with Gasteiger partial charge in [0, 0.05) is 37.4 Å². The Bertz CT molecular complexity index is 687. The normalized spacial score (nSPS) is 16.8. The van der Waals surface area contributed by atoms with Crippen molar-refractivity contribution < 1.29 is 0 Å². The highest BCUT2D eigenvalue weighted by molar-refractivity contribution is 7.10. The summed E-state index contributed by atoms with van der Waals surface area (Å²) in [6, 6.07) is 4.38. The molecule has 26 heavy (non-hydrogen) atoms. The Morgan fingerprint density at radius 2 is 2.19 bits per heavy atom. The predicted octanol–water partition coefficient (Wildman–Crippen LogP) is 3.43. The lowest BCUT2D eigenvalue weighted by atomic mass is 9.97. The zero-order valence-corrected chi connectivity index (χ0v) is 17.6. The topological polar surface area (TPSA) is 43.8 Å². The van der Waals surface area contributed by atoms with Crippen LogP contribution < -0.4 is 5.32 Å². The van der Waals surface area contributed by atoms with Crippen LogP contribution in [0.25, 0.3) is 0 Å². The van der Waals surface area contributed by atoms with E-state index in [0.29, 0.717) is 0 Å². The van der Waals surface area contributed by atoms with Gasteiger partial charge in [-0.15, -0.1) is 22.7 Å². The number of nitrogens with one attached hydrogen (secondary N) is 1. The minimum Gasteiger partial charge on any atom is -0.356 e. The molecule has 0 amide bonds. The van der Waals surface area contributed by atoms with Crippen LogP contribution >= 0.6 is 22.7 Å². The molecule has 142 valence electrons. The van der Waals surface area contributed by atoms with Gasteiger partial charge < -0.3 is 10.2 Å². The lowest BCUT2D eigenvalue weighted by Crippen LogP contribution is -2.43. The van der Waals surface area contributed by atoms with Gasteiger partial charge in [0.05, 0.1) is 17.2 Å². The smallest absolute Gasteiger partial charge is 0.193 e. The number of piperidine rings is 1. The number of aromatic nitrogens is 1. The lowest BCUT2D eigenvalue weighted by molar-refractivity contribution is 0.179. The highest BCUT2D eigenvalue weighted by Crippen LogP contribution is 2.20. The molecule has 3 heterocycles. The average Bonchev–Trinajstić information content (AvgIpc) is 3.29. The molecule has 2 aromatic heterocycles. The maximum absolute atomic E-state index is 4.55. The van der Waals surface area contributed by atoms with Gasteiger partial charge in [-0.2, -0.15) is 0 Å². The number of thiophene rings is 1. The summed E-state index contributed by atoms with van der Waals surface area (Å²) in [7, 11) is 3.93. The lowest BCUT2D eigenvalue weighted by Gasteiger charge is -2.32. The summed E-state index contributed by atoms with van der Waals surface area (Å²) in [5, 5.41) is 8.97. The molecule has 3 rings (SSSR count). The largest absolute Gasteiger partial charge is 0.356 e. The molecule has 1 aliphatic rings. The van der Waals surface area contributed by atoms with Gasteiger partial charge >= 0.3 is 0 Å². The molecule has 0 bridgehead atoms. The van der Waals surface area contributed by atoms with E-state index in [9.17, 15) is 0 Å². The van der Waals surface area contributed by atoms with Crippen molar-refractivity contribution in [3.05, 3.63) is 38.5 Å². The molecule has 0 aromatic carbocycles. The molecule has 1 fully saturated rings. The zero-order chi connectivity index (χ0) is 18.4. The van der Waals surface area contributed by atoms with Gasteiger partial charge in [0.25, 0.3) is 0 Å². The van der Waals surface area contributed by atoms with Crippen LogP contribution in [0.4, 0.5) is 0 Å². The van der Waals surface area contributed by atoms with Crippen LogP contribution in [-0.4, -0.2) is 54.5 Å². The van der Waals surface area contributed by atoms with Gasteiger partial charge in [0.2, 0.25) is 0 Å². The SMILES string of the molecule is CN=C(NCC1CCN(Cc2cccs2)CC1)N(C)Cc1csc(C)n1. The zero-order valence-electron chi connectivity index (χ0n) is 15.9. The first-order chi connectivity index (χ1) is 12.6. The standard InChI is InChI=1S/C19H29N5S2/c1-15-22-17(14-26-15)12-23(3)19(20-2)21-11-16-6-8-24(9-7-16)13-18-5-4-10-25-18/h4-5,10,14,16H,6-9,11-13H2,1-3H3,(H,20,21). The summed E-state index contributed by atoms with van der Waals surface area (Å²) < 4.78 is 0. The van der Waals surface area contributed by atoms with E-state index in [0.717, 1.165) is 42.2 Å². The van der Waals surface area contributed by atoms with E-state index in [1.165, 1.54) is 30.8 Å². The Labute approximate surface area is 164 Å². The van der Waals surface area contributed by atoms with Gasteiger partial charge in [-0.1, -0.05) is 6.07 Å². The molecular weight excluding hydrogens is 362 g/mol. The highest BCUT2D eigenvalue weighted by atomic mass is 32.1. The van der Waals surface area contributed by atoms with Gasteiger partial charge in [0.15, 0.2) is 5.96 Å². The predicted molar refractivity (Wildman–Crippen MR) is 112 cm³/mol. The Morgan fingerprint density at radius 1 is 1.38 bits per heavy atom. The van der Waals surface area contributed by atoms with Gasteiger partial charge in [-0.25, -0.2) is 4.98 Å². The number of guanidine groups is 1. The number of thiazole rings is 1. The molecule has 0 spiro atoms. The monoisotopic (exact) mass is 391 g/mol. The number of aryl methyl sites for hydroxylation is 1. The third-order valence-electron chi connectivity index (χ3n) is 4.85. The molecule has 5 nitrogen and oxygen atoms in total. The van der Waals surface area contributed by atoms with Crippen LogP contribution in [0.2, 0.25) is 0 Å². The highest BCUT2D eigenvalue weighted by Gasteiger charge is 2.20. The molecule has 1 N–H and O–H groups in total. The molecule has 0 aliphatic carbocycles. The van der Waals surface area contributed by atoms with Crippen molar-refractivity contribution in [1.29, 1.82) is 0 Å². The van der Waals surface area contributed by atoms with E-state index in [4.69, 9.17) is 0 Å². The number of hydrogen-bond donors (Lipinski definition) is 1. The maximum atomic E-state index is 4.55. The second kappa shape index (κ2) is 9.48. The Kier molecular flexibility index (Phi) is 7.05. The van der Waals surface area contributed by atoms with Crippen molar-refractivity contribution >= 4 is 28.6 Å². The van der Waals surface area contributed by atoms with Crippen molar-refractivity contribution in [1.82, 2.24) is 20.1 Å². The second-order valence-corrected chi connectivity index (χ2v) is 9.04. The Hall–Kier alpha value is -1.44. The summed E-state index contributed by atoms with van der Waals surface area (Å²) >= 11 is 3.56. The van der Waals surface area contributed by atoms with Crippen molar-refractivity contribution in [3.8, 4) is 0 Å². The first kappa shape index (κ1) is 19.3. The molecule has 2 aromatic rings. The van der Waals surface area contributed by atoms with E-state index in [-0.39, 0.29) is 0 Å². The van der Waals surface area contributed by atoms with E-state index in [2.05, 4.69) is 55.0 Å². The van der Waals surface area contributed by atoms with Crippen LogP contribution in [0.15, 0.2) is 27.9 Å². The molecule has 1 aliphatic heterocycles. The summed E-state index contributed by atoms with van der Waals surface area (Å²) in [6.45, 7) is 7.33. The van der Waals surface area contributed by atoms with Gasteiger partial charge in [-0.05, 0) is 50.2 Å². The van der Waals surface area contributed by atoms with Crippen LogP contribution in [0.1, 0.15) is 28.4 Å². The summed E-state index contributed by atoms with van der Waals surface area (Å²) in [5.74, 6) is 1.68.